The van der Waals surface area contributed by atoms with E-state index in [1.165, 1.54) is 38.2 Å². The SMILES string of the molecule is CC.Cc1cc2c(C)cc3ccccc3c2cc1C. The van der Waals surface area contributed by atoms with Gasteiger partial charge in [0.1, 0.15) is 0 Å². The minimum Gasteiger partial charge on any atom is -0.0683 e. The first-order valence-electron chi connectivity index (χ1n) is 7.06. The molecule has 0 unspecified atom stereocenters. The zero-order valence-electron chi connectivity index (χ0n) is 12.5. The Labute approximate surface area is 116 Å². The normalized spacial score (nSPS) is 10.4. The van der Waals surface area contributed by atoms with Crippen LogP contribution in [0.2, 0.25) is 0 Å². The van der Waals surface area contributed by atoms with Gasteiger partial charge >= 0.3 is 0 Å². The molecule has 0 aliphatic heterocycles. The van der Waals surface area contributed by atoms with Crippen LogP contribution >= 0.6 is 0 Å². The third-order valence-corrected chi connectivity index (χ3v) is 3.68. The Morgan fingerprint density at radius 3 is 1.84 bits per heavy atom. The second-order valence-corrected chi connectivity index (χ2v) is 4.90. The van der Waals surface area contributed by atoms with E-state index in [4.69, 9.17) is 0 Å². The van der Waals surface area contributed by atoms with Gasteiger partial charge in [0.25, 0.3) is 0 Å². The third-order valence-electron chi connectivity index (χ3n) is 3.68. The van der Waals surface area contributed by atoms with Gasteiger partial charge in [0.2, 0.25) is 0 Å². The Morgan fingerprint density at radius 2 is 1.16 bits per heavy atom. The van der Waals surface area contributed by atoms with E-state index in [0.717, 1.165) is 0 Å². The molecule has 0 saturated heterocycles. The molecular formula is C19H22. The molecule has 98 valence electrons. The Bertz CT molecular complexity index is 721. The minimum atomic E-state index is 1.33. The summed E-state index contributed by atoms with van der Waals surface area (Å²) in [6.45, 7) is 10.6. The Morgan fingerprint density at radius 1 is 0.579 bits per heavy atom. The van der Waals surface area contributed by atoms with Crippen LogP contribution in [0.5, 0.6) is 0 Å². The molecule has 0 radical (unpaired) electrons. The summed E-state index contributed by atoms with van der Waals surface area (Å²) in [7, 11) is 0. The highest BCUT2D eigenvalue weighted by atomic mass is 14.1. The van der Waals surface area contributed by atoms with Crippen molar-refractivity contribution < 1.29 is 0 Å². The number of hydrogen-bond donors (Lipinski definition) is 0. The first kappa shape index (κ1) is 13.6. The molecule has 0 fully saturated rings. The van der Waals surface area contributed by atoms with E-state index in [1.54, 1.807) is 0 Å². The molecule has 0 N–H and O–H groups in total. The highest BCUT2D eigenvalue weighted by molar-refractivity contribution is 6.09. The van der Waals surface area contributed by atoms with Gasteiger partial charge in [0.05, 0.1) is 0 Å². The van der Waals surface area contributed by atoms with Crippen LogP contribution in [-0.2, 0) is 0 Å². The van der Waals surface area contributed by atoms with Gasteiger partial charge < -0.3 is 0 Å². The second-order valence-electron chi connectivity index (χ2n) is 4.90. The fourth-order valence-corrected chi connectivity index (χ4v) is 2.54. The van der Waals surface area contributed by atoms with E-state index in [0.29, 0.717) is 0 Å². The van der Waals surface area contributed by atoms with Gasteiger partial charge in [-0.3, -0.25) is 0 Å². The molecule has 3 aromatic carbocycles. The summed E-state index contributed by atoms with van der Waals surface area (Å²) in [6, 6.07) is 15.5. The molecule has 0 heterocycles. The lowest BCUT2D eigenvalue weighted by Crippen LogP contribution is -1.86. The molecule has 0 spiro atoms. The summed E-state index contributed by atoms with van der Waals surface area (Å²) in [5.74, 6) is 0. The summed E-state index contributed by atoms with van der Waals surface area (Å²) in [6.07, 6.45) is 0. The molecule has 0 aromatic heterocycles. The largest absolute Gasteiger partial charge is 0.0683 e. The molecule has 0 atom stereocenters. The fourth-order valence-electron chi connectivity index (χ4n) is 2.54. The summed E-state index contributed by atoms with van der Waals surface area (Å²) in [4.78, 5) is 0. The van der Waals surface area contributed by atoms with Crippen molar-refractivity contribution in [3.05, 3.63) is 59.2 Å². The highest BCUT2D eigenvalue weighted by Gasteiger charge is 2.05. The van der Waals surface area contributed by atoms with Crippen molar-refractivity contribution in [3.63, 3.8) is 0 Å². The number of aryl methyl sites for hydroxylation is 3. The smallest absolute Gasteiger partial charge is 0.00999 e. The van der Waals surface area contributed by atoms with E-state index >= 15 is 0 Å². The summed E-state index contributed by atoms with van der Waals surface area (Å²) in [5.41, 5.74) is 4.10. The average Bonchev–Trinajstić information content (AvgIpc) is 2.43. The molecule has 0 amide bonds. The van der Waals surface area contributed by atoms with Crippen molar-refractivity contribution in [2.24, 2.45) is 0 Å². The van der Waals surface area contributed by atoms with Crippen molar-refractivity contribution >= 4 is 21.5 Å². The zero-order chi connectivity index (χ0) is 14.0. The summed E-state index contributed by atoms with van der Waals surface area (Å²) >= 11 is 0. The fraction of sp³-hybridized carbons (Fsp3) is 0.263. The molecule has 19 heavy (non-hydrogen) atoms. The van der Waals surface area contributed by atoms with Gasteiger partial charge in [-0.1, -0.05) is 56.3 Å². The molecule has 0 aliphatic rings. The van der Waals surface area contributed by atoms with Crippen molar-refractivity contribution in [2.45, 2.75) is 34.6 Å². The van der Waals surface area contributed by atoms with Crippen LogP contribution in [0.3, 0.4) is 0 Å². The molecule has 3 rings (SSSR count). The highest BCUT2D eigenvalue weighted by Crippen LogP contribution is 2.30. The average molecular weight is 250 g/mol. The van der Waals surface area contributed by atoms with Gasteiger partial charge in [0.15, 0.2) is 0 Å². The first-order chi connectivity index (χ1) is 9.16. The van der Waals surface area contributed by atoms with Gasteiger partial charge in [-0.05, 0) is 59.0 Å². The first-order valence-corrected chi connectivity index (χ1v) is 7.06. The van der Waals surface area contributed by atoms with E-state index in [-0.39, 0.29) is 0 Å². The standard InChI is InChI=1S/C17H16.C2H6/c1-11-9-16-13(3)8-14-6-4-5-7-15(14)17(16)10-12(11)2;1-2/h4-10H,1-3H3;1-2H3. The number of hydrogen-bond acceptors (Lipinski definition) is 0. The molecular weight excluding hydrogens is 228 g/mol. The van der Waals surface area contributed by atoms with Crippen molar-refractivity contribution in [1.82, 2.24) is 0 Å². The van der Waals surface area contributed by atoms with E-state index in [2.05, 4.69) is 63.2 Å². The lowest BCUT2D eigenvalue weighted by atomic mass is 9.94. The second kappa shape index (κ2) is 5.44. The van der Waals surface area contributed by atoms with Crippen LogP contribution in [-0.4, -0.2) is 0 Å². The van der Waals surface area contributed by atoms with Crippen molar-refractivity contribution in [2.75, 3.05) is 0 Å². The van der Waals surface area contributed by atoms with Crippen LogP contribution in [0.25, 0.3) is 21.5 Å². The number of fused-ring (bicyclic) bond motifs is 3. The van der Waals surface area contributed by atoms with E-state index in [1.807, 2.05) is 13.8 Å². The third kappa shape index (κ3) is 2.35. The maximum atomic E-state index is 2.32. The Kier molecular flexibility index (Phi) is 3.90. The van der Waals surface area contributed by atoms with Crippen LogP contribution in [0, 0.1) is 20.8 Å². The van der Waals surface area contributed by atoms with E-state index < -0.39 is 0 Å². The molecule has 3 aromatic rings. The zero-order valence-corrected chi connectivity index (χ0v) is 12.5. The quantitative estimate of drug-likeness (QED) is 0.433. The summed E-state index contributed by atoms with van der Waals surface area (Å²) < 4.78 is 0. The topological polar surface area (TPSA) is 0 Å². The number of rotatable bonds is 0. The van der Waals surface area contributed by atoms with Crippen molar-refractivity contribution in [1.29, 1.82) is 0 Å². The lowest BCUT2D eigenvalue weighted by molar-refractivity contribution is 1.36. The van der Waals surface area contributed by atoms with Crippen LogP contribution in [0.1, 0.15) is 30.5 Å². The van der Waals surface area contributed by atoms with Crippen LogP contribution in [0.15, 0.2) is 42.5 Å². The van der Waals surface area contributed by atoms with E-state index in [9.17, 15) is 0 Å². The Hall–Kier alpha value is -1.82. The van der Waals surface area contributed by atoms with Crippen molar-refractivity contribution in [3.8, 4) is 0 Å². The monoisotopic (exact) mass is 250 g/mol. The number of benzene rings is 3. The van der Waals surface area contributed by atoms with Gasteiger partial charge in [-0.25, -0.2) is 0 Å². The molecule has 0 saturated carbocycles. The predicted octanol–water partition coefficient (Wildman–Crippen LogP) is 5.94. The maximum absolute atomic E-state index is 2.32. The summed E-state index contributed by atoms with van der Waals surface area (Å²) in [5, 5.41) is 5.45. The van der Waals surface area contributed by atoms with Gasteiger partial charge in [0, 0.05) is 0 Å². The molecule has 0 nitrogen and oxygen atoms in total. The van der Waals surface area contributed by atoms with Gasteiger partial charge in [-0.15, -0.1) is 0 Å². The molecule has 0 heteroatoms. The molecule has 0 aliphatic carbocycles. The van der Waals surface area contributed by atoms with Crippen LogP contribution < -0.4 is 0 Å². The predicted molar refractivity (Wildman–Crippen MR) is 87.0 cm³/mol. The van der Waals surface area contributed by atoms with Crippen LogP contribution in [0.4, 0.5) is 0 Å². The molecule has 0 bridgehead atoms. The lowest BCUT2D eigenvalue weighted by Gasteiger charge is -2.10. The Balaban J connectivity index is 0.000000637. The van der Waals surface area contributed by atoms with Gasteiger partial charge in [-0.2, -0.15) is 0 Å². The maximum Gasteiger partial charge on any atom is -0.00999 e. The minimum absolute atomic E-state index is 1.33.